The molecule has 0 aromatic carbocycles. The molecule has 5 heteroatoms. The highest BCUT2D eigenvalue weighted by atomic mass is 32.2. The zero-order chi connectivity index (χ0) is 14.8. The lowest BCUT2D eigenvalue weighted by molar-refractivity contribution is -0.161. The average Bonchev–Trinajstić information content (AvgIpc) is 2.86. The Kier molecular flexibility index (Phi) is 4.67. The summed E-state index contributed by atoms with van der Waals surface area (Å²) in [6, 6.07) is 0. The van der Waals surface area contributed by atoms with Crippen molar-refractivity contribution in [3.05, 3.63) is 0 Å². The maximum atomic E-state index is 12.7. The fourth-order valence-corrected chi connectivity index (χ4v) is 3.97. The van der Waals surface area contributed by atoms with E-state index in [-0.39, 0.29) is 11.8 Å². The first-order chi connectivity index (χ1) is 9.44. The minimum atomic E-state index is -0.761. The minimum Gasteiger partial charge on any atom is -0.340 e. The molecule has 1 saturated heterocycles. The molecule has 2 rings (SSSR count). The molecule has 0 bridgehead atoms. The summed E-state index contributed by atoms with van der Waals surface area (Å²) in [6.07, 6.45) is 4.70. The summed E-state index contributed by atoms with van der Waals surface area (Å²) < 4.78 is 0. The zero-order valence-corrected chi connectivity index (χ0v) is 13.6. The van der Waals surface area contributed by atoms with Crippen LogP contribution in [-0.4, -0.2) is 45.8 Å². The van der Waals surface area contributed by atoms with Gasteiger partial charge in [0.05, 0.1) is 0 Å². The predicted molar refractivity (Wildman–Crippen MR) is 82.7 cm³/mol. The van der Waals surface area contributed by atoms with Gasteiger partial charge in [0.15, 0.2) is 0 Å². The van der Waals surface area contributed by atoms with Gasteiger partial charge in [-0.3, -0.25) is 9.59 Å². The molecular formula is C15H26N2O2S. The first-order valence-electron chi connectivity index (χ1n) is 7.66. The largest absolute Gasteiger partial charge is 0.340 e. The lowest BCUT2D eigenvalue weighted by Gasteiger charge is -2.49. The molecule has 1 spiro atoms. The normalized spacial score (nSPS) is 24.2. The maximum Gasteiger partial charge on any atom is 0.248 e. The predicted octanol–water partition coefficient (Wildman–Crippen LogP) is 2.18. The lowest BCUT2D eigenvalue weighted by atomic mass is 9.85. The molecule has 20 heavy (non-hydrogen) atoms. The van der Waals surface area contributed by atoms with Crippen LogP contribution in [-0.2, 0) is 9.59 Å². The van der Waals surface area contributed by atoms with Gasteiger partial charge in [-0.05, 0) is 44.6 Å². The second-order valence-corrected chi connectivity index (χ2v) is 7.72. The van der Waals surface area contributed by atoms with Crippen LogP contribution in [0.15, 0.2) is 0 Å². The molecular weight excluding hydrogens is 272 g/mol. The average molecular weight is 298 g/mol. The van der Waals surface area contributed by atoms with Crippen LogP contribution in [0.3, 0.4) is 0 Å². The Balaban J connectivity index is 2.16. The SMILES string of the molecule is CCSCCCN1C(=O)C(C)(C)NC(=O)C12CCCC2. The van der Waals surface area contributed by atoms with Crippen molar-refractivity contribution in [3.63, 3.8) is 0 Å². The number of hydrogen-bond donors (Lipinski definition) is 1. The van der Waals surface area contributed by atoms with Gasteiger partial charge < -0.3 is 10.2 Å². The molecule has 1 heterocycles. The summed E-state index contributed by atoms with van der Waals surface area (Å²) in [5.74, 6) is 2.30. The second kappa shape index (κ2) is 5.96. The topological polar surface area (TPSA) is 49.4 Å². The summed E-state index contributed by atoms with van der Waals surface area (Å²) in [5.41, 5.74) is -1.31. The number of rotatable bonds is 5. The Hall–Kier alpha value is -0.710. The number of carbonyl (C=O) groups excluding carboxylic acids is 2. The van der Waals surface area contributed by atoms with Gasteiger partial charge in [0.1, 0.15) is 11.1 Å². The highest BCUT2D eigenvalue weighted by Crippen LogP contribution is 2.39. The third kappa shape index (κ3) is 2.69. The van der Waals surface area contributed by atoms with Crippen molar-refractivity contribution < 1.29 is 9.59 Å². The molecule has 0 aromatic heterocycles. The van der Waals surface area contributed by atoms with Crippen molar-refractivity contribution in [3.8, 4) is 0 Å². The van der Waals surface area contributed by atoms with Gasteiger partial charge in [-0.25, -0.2) is 0 Å². The molecule has 2 aliphatic rings. The Morgan fingerprint density at radius 3 is 2.50 bits per heavy atom. The van der Waals surface area contributed by atoms with Crippen molar-refractivity contribution in [1.29, 1.82) is 0 Å². The van der Waals surface area contributed by atoms with Gasteiger partial charge in [0, 0.05) is 6.54 Å². The zero-order valence-electron chi connectivity index (χ0n) is 12.8. The van der Waals surface area contributed by atoms with Crippen LogP contribution < -0.4 is 5.32 Å². The number of piperazine rings is 1. The summed E-state index contributed by atoms with van der Waals surface area (Å²) in [6.45, 7) is 6.47. The molecule has 0 radical (unpaired) electrons. The smallest absolute Gasteiger partial charge is 0.248 e. The molecule has 4 nitrogen and oxygen atoms in total. The van der Waals surface area contributed by atoms with E-state index in [1.807, 2.05) is 30.5 Å². The molecule has 1 aliphatic carbocycles. The molecule has 1 N–H and O–H groups in total. The first-order valence-corrected chi connectivity index (χ1v) is 8.82. The Morgan fingerprint density at radius 1 is 1.25 bits per heavy atom. The number of hydrogen-bond acceptors (Lipinski definition) is 3. The van der Waals surface area contributed by atoms with E-state index in [0.29, 0.717) is 6.54 Å². The Labute approximate surface area is 126 Å². The van der Waals surface area contributed by atoms with Crippen LogP contribution in [0.25, 0.3) is 0 Å². The van der Waals surface area contributed by atoms with E-state index in [1.165, 1.54) is 0 Å². The number of thioether (sulfide) groups is 1. The van der Waals surface area contributed by atoms with Crippen molar-refractivity contribution in [1.82, 2.24) is 10.2 Å². The van der Waals surface area contributed by atoms with E-state index >= 15 is 0 Å². The van der Waals surface area contributed by atoms with Gasteiger partial charge in [0.2, 0.25) is 11.8 Å². The second-order valence-electron chi connectivity index (χ2n) is 6.33. The summed E-state index contributed by atoms with van der Waals surface area (Å²) in [5, 5.41) is 2.93. The van der Waals surface area contributed by atoms with Crippen molar-refractivity contribution in [2.24, 2.45) is 0 Å². The third-order valence-corrected chi connectivity index (χ3v) is 5.44. The maximum absolute atomic E-state index is 12.7. The molecule has 114 valence electrons. The molecule has 2 fully saturated rings. The van der Waals surface area contributed by atoms with E-state index in [4.69, 9.17) is 0 Å². The van der Waals surface area contributed by atoms with E-state index in [1.54, 1.807) is 0 Å². The monoisotopic (exact) mass is 298 g/mol. The van der Waals surface area contributed by atoms with Gasteiger partial charge >= 0.3 is 0 Å². The van der Waals surface area contributed by atoms with Crippen molar-refractivity contribution in [2.75, 3.05) is 18.1 Å². The molecule has 1 saturated carbocycles. The molecule has 0 atom stereocenters. The number of nitrogens with zero attached hydrogens (tertiary/aromatic N) is 1. The Bertz CT molecular complexity index is 389. The molecule has 1 aliphatic heterocycles. The van der Waals surface area contributed by atoms with Gasteiger partial charge in [-0.1, -0.05) is 19.8 Å². The summed E-state index contributed by atoms with van der Waals surface area (Å²) in [4.78, 5) is 27.2. The summed E-state index contributed by atoms with van der Waals surface area (Å²) >= 11 is 1.89. The van der Waals surface area contributed by atoms with Crippen molar-refractivity contribution >= 4 is 23.6 Å². The Morgan fingerprint density at radius 2 is 1.90 bits per heavy atom. The molecule has 2 amide bonds. The van der Waals surface area contributed by atoms with Crippen LogP contribution in [0.4, 0.5) is 0 Å². The third-order valence-electron chi connectivity index (χ3n) is 4.45. The quantitative estimate of drug-likeness (QED) is 0.792. The van der Waals surface area contributed by atoms with Gasteiger partial charge in [-0.2, -0.15) is 11.8 Å². The van der Waals surface area contributed by atoms with Crippen LogP contribution in [0, 0.1) is 0 Å². The van der Waals surface area contributed by atoms with Crippen LogP contribution >= 0.6 is 11.8 Å². The van der Waals surface area contributed by atoms with E-state index < -0.39 is 11.1 Å². The molecule has 0 unspecified atom stereocenters. The van der Waals surface area contributed by atoms with E-state index in [9.17, 15) is 9.59 Å². The van der Waals surface area contributed by atoms with Gasteiger partial charge in [0.25, 0.3) is 0 Å². The summed E-state index contributed by atoms with van der Waals surface area (Å²) in [7, 11) is 0. The molecule has 0 aromatic rings. The highest BCUT2D eigenvalue weighted by Gasteiger charge is 2.55. The van der Waals surface area contributed by atoms with Crippen molar-refractivity contribution in [2.45, 2.75) is 64.0 Å². The van der Waals surface area contributed by atoms with E-state index in [2.05, 4.69) is 12.2 Å². The van der Waals surface area contributed by atoms with Crippen LogP contribution in [0.1, 0.15) is 52.9 Å². The minimum absolute atomic E-state index is 0.0581. The standard InChI is InChI=1S/C15H26N2O2S/c1-4-20-11-7-10-17-13(19)14(2,3)16-12(18)15(17)8-5-6-9-15/h4-11H2,1-3H3,(H,16,18). The van der Waals surface area contributed by atoms with E-state index in [0.717, 1.165) is 43.6 Å². The number of carbonyl (C=O) groups is 2. The lowest BCUT2D eigenvalue weighted by Crippen LogP contribution is -2.73. The number of nitrogens with one attached hydrogen (secondary N) is 1. The van der Waals surface area contributed by atoms with Crippen LogP contribution in [0.5, 0.6) is 0 Å². The highest BCUT2D eigenvalue weighted by molar-refractivity contribution is 7.99. The first kappa shape index (κ1) is 15.7. The van der Waals surface area contributed by atoms with Gasteiger partial charge in [-0.15, -0.1) is 0 Å². The fraction of sp³-hybridized carbons (Fsp3) is 0.867. The number of amides is 2. The van der Waals surface area contributed by atoms with Crippen LogP contribution in [0.2, 0.25) is 0 Å². The fourth-order valence-electron chi connectivity index (χ4n) is 3.35.